The lowest BCUT2D eigenvalue weighted by atomic mass is 10.2. The van der Waals surface area contributed by atoms with Crippen LogP contribution in [0.3, 0.4) is 0 Å². The van der Waals surface area contributed by atoms with E-state index in [0.29, 0.717) is 22.9 Å². The van der Waals surface area contributed by atoms with Crippen LogP contribution in [-0.4, -0.2) is 6.61 Å². The highest BCUT2D eigenvalue weighted by Gasteiger charge is 2.06. The molecule has 0 aliphatic carbocycles. The number of hydrogen-bond donors (Lipinski definition) is 0. The molecular weight excluding hydrogens is 198 g/mol. The van der Waals surface area contributed by atoms with Crippen LogP contribution >= 0.6 is 11.6 Å². The zero-order chi connectivity index (χ0) is 10.4. The summed E-state index contributed by atoms with van der Waals surface area (Å²) in [5.74, 6) is 0.529. The Balaban J connectivity index is 2.81. The summed E-state index contributed by atoms with van der Waals surface area (Å²) in [7, 11) is 0. The largest absolute Gasteiger partial charge is 0.492 e. The van der Waals surface area contributed by atoms with Crippen LogP contribution in [0.4, 0.5) is 0 Å². The molecule has 0 heterocycles. The molecule has 2 nitrogen and oxygen atoms in total. The Kier molecular flexibility index (Phi) is 4.03. The van der Waals surface area contributed by atoms with Gasteiger partial charge in [-0.3, -0.25) is 0 Å². The molecular formula is C11H10ClNO. The van der Waals surface area contributed by atoms with Crippen molar-refractivity contribution in [2.75, 3.05) is 6.61 Å². The normalized spacial score (nSPS) is 9.14. The second-order valence-corrected chi connectivity index (χ2v) is 3.06. The van der Waals surface area contributed by atoms with Crippen molar-refractivity contribution < 1.29 is 4.74 Å². The summed E-state index contributed by atoms with van der Waals surface area (Å²) >= 11 is 5.82. The summed E-state index contributed by atoms with van der Waals surface area (Å²) in [6.07, 6.45) is 2.51. The number of rotatable bonds is 4. The minimum Gasteiger partial charge on any atom is -0.492 e. The molecule has 0 bridgehead atoms. The number of halogens is 1. The van der Waals surface area contributed by atoms with Crippen LogP contribution in [0, 0.1) is 11.3 Å². The van der Waals surface area contributed by atoms with E-state index < -0.39 is 0 Å². The third-order valence-corrected chi connectivity index (χ3v) is 1.98. The minimum absolute atomic E-state index is 0.387. The van der Waals surface area contributed by atoms with Crippen molar-refractivity contribution >= 4 is 11.6 Å². The molecule has 0 fully saturated rings. The van der Waals surface area contributed by atoms with Gasteiger partial charge in [0.25, 0.3) is 0 Å². The van der Waals surface area contributed by atoms with Crippen LogP contribution in [-0.2, 0) is 0 Å². The number of nitrogens with zero attached hydrogens (tertiary/aromatic N) is 1. The van der Waals surface area contributed by atoms with Crippen LogP contribution in [0.1, 0.15) is 12.0 Å². The zero-order valence-electron chi connectivity index (χ0n) is 7.66. The molecule has 14 heavy (non-hydrogen) atoms. The molecule has 3 heteroatoms. The second kappa shape index (κ2) is 5.31. The molecule has 1 aromatic carbocycles. The van der Waals surface area contributed by atoms with Crippen molar-refractivity contribution in [1.82, 2.24) is 0 Å². The monoisotopic (exact) mass is 207 g/mol. The summed E-state index contributed by atoms with van der Waals surface area (Å²) in [6.45, 7) is 4.09. The number of nitriles is 1. The van der Waals surface area contributed by atoms with E-state index in [1.54, 1.807) is 24.3 Å². The lowest BCUT2D eigenvalue weighted by Gasteiger charge is -2.06. The summed E-state index contributed by atoms with van der Waals surface area (Å²) in [6, 6.07) is 7.16. The smallest absolute Gasteiger partial charge is 0.138 e. The van der Waals surface area contributed by atoms with Gasteiger partial charge < -0.3 is 4.74 Å². The number of ether oxygens (including phenoxy) is 1. The Morgan fingerprint density at radius 1 is 1.57 bits per heavy atom. The Morgan fingerprint density at radius 2 is 2.36 bits per heavy atom. The summed E-state index contributed by atoms with van der Waals surface area (Å²) in [5.41, 5.74) is 0.387. The van der Waals surface area contributed by atoms with Gasteiger partial charge in [-0.2, -0.15) is 5.26 Å². The maximum atomic E-state index is 8.82. The van der Waals surface area contributed by atoms with E-state index in [1.165, 1.54) is 0 Å². The van der Waals surface area contributed by atoms with Crippen molar-refractivity contribution in [2.45, 2.75) is 6.42 Å². The van der Waals surface area contributed by atoms with Gasteiger partial charge in [0.05, 0.1) is 11.6 Å². The maximum Gasteiger partial charge on any atom is 0.138 e. The molecule has 0 aromatic heterocycles. The average Bonchev–Trinajstić information content (AvgIpc) is 2.18. The molecule has 0 radical (unpaired) electrons. The predicted octanol–water partition coefficient (Wildman–Crippen LogP) is 3.17. The van der Waals surface area contributed by atoms with Crippen molar-refractivity contribution in [3.05, 3.63) is 41.4 Å². The third-order valence-electron chi connectivity index (χ3n) is 1.67. The van der Waals surface area contributed by atoms with Crippen molar-refractivity contribution in [2.24, 2.45) is 0 Å². The van der Waals surface area contributed by atoms with E-state index in [9.17, 15) is 0 Å². The molecule has 0 N–H and O–H groups in total. The molecule has 72 valence electrons. The maximum absolute atomic E-state index is 8.82. The molecule has 0 unspecified atom stereocenters. The van der Waals surface area contributed by atoms with Crippen molar-refractivity contribution in [3.63, 3.8) is 0 Å². The standard InChI is InChI=1S/C11H10ClNO/c1-2-3-7-14-11-6-4-5-10(12)9(11)8-13/h2,4-6H,1,3,7H2. The van der Waals surface area contributed by atoms with Gasteiger partial charge in [-0.05, 0) is 18.6 Å². The fourth-order valence-electron chi connectivity index (χ4n) is 0.985. The van der Waals surface area contributed by atoms with Gasteiger partial charge in [0.15, 0.2) is 0 Å². The Hall–Kier alpha value is -1.46. The van der Waals surface area contributed by atoms with E-state index in [4.69, 9.17) is 21.6 Å². The van der Waals surface area contributed by atoms with Crippen molar-refractivity contribution in [3.8, 4) is 11.8 Å². The van der Waals surface area contributed by atoms with Crippen LogP contribution in [0.5, 0.6) is 5.75 Å². The molecule has 0 spiro atoms. The Bertz CT molecular complexity index is 368. The molecule has 0 aliphatic rings. The molecule has 1 rings (SSSR count). The molecule has 0 aliphatic heterocycles. The van der Waals surface area contributed by atoms with E-state index in [1.807, 2.05) is 6.07 Å². The first-order valence-corrected chi connectivity index (χ1v) is 4.59. The Morgan fingerprint density at radius 3 is 3.00 bits per heavy atom. The molecule has 1 aromatic rings. The quantitative estimate of drug-likeness (QED) is 0.561. The molecule has 0 amide bonds. The third kappa shape index (κ3) is 2.51. The van der Waals surface area contributed by atoms with Gasteiger partial charge >= 0.3 is 0 Å². The lowest BCUT2D eigenvalue weighted by molar-refractivity contribution is 0.324. The number of benzene rings is 1. The van der Waals surface area contributed by atoms with Gasteiger partial charge in [0.2, 0.25) is 0 Å². The van der Waals surface area contributed by atoms with Gasteiger partial charge in [-0.25, -0.2) is 0 Å². The van der Waals surface area contributed by atoms with Crippen LogP contribution < -0.4 is 4.74 Å². The van der Waals surface area contributed by atoms with Gasteiger partial charge in [-0.15, -0.1) is 6.58 Å². The van der Waals surface area contributed by atoms with Crippen LogP contribution in [0.15, 0.2) is 30.9 Å². The lowest BCUT2D eigenvalue weighted by Crippen LogP contribution is -1.97. The highest BCUT2D eigenvalue weighted by molar-refractivity contribution is 6.31. The zero-order valence-corrected chi connectivity index (χ0v) is 8.42. The molecule has 0 saturated carbocycles. The average molecular weight is 208 g/mol. The van der Waals surface area contributed by atoms with Gasteiger partial charge in [0.1, 0.15) is 17.4 Å². The fraction of sp³-hybridized carbons (Fsp3) is 0.182. The highest BCUT2D eigenvalue weighted by atomic mass is 35.5. The van der Waals surface area contributed by atoms with Gasteiger partial charge in [-0.1, -0.05) is 23.7 Å². The summed E-state index contributed by atoms with van der Waals surface area (Å²) in [5, 5.41) is 9.24. The van der Waals surface area contributed by atoms with E-state index in [0.717, 1.165) is 6.42 Å². The van der Waals surface area contributed by atoms with Crippen LogP contribution in [0.25, 0.3) is 0 Å². The molecule has 0 saturated heterocycles. The fourth-order valence-corrected chi connectivity index (χ4v) is 1.19. The van der Waals surface area contributed by atoms with E-state index in [2.05, 4.69) is 6.58 Å². The topological polar surface area (TPSA) is 33.0 Å². The summed E-state index contributed by atoms with van der Waals surface area (Å²) in [4.78, 5) is 0. The number of hydrogen-bond acceptors (Lipinski definition) is 2. The SMILES string of the molecule is C=CCCOc1cccc(Cl)c1C#N. The van der Waals surface area contributed by atoms with E-state index >= 15 is 0 Å². The first-order valence-electron chi connectivity index (χ1n) is 4.22. The summed E-state index contributed by atoms with van der Waals surface area (Å²) < 4.78 is 5.37. The first kappa shape index (κ1) is 10.6. The first-order chi connectivity index (χ1) is 6.79. The van der Waals surface area contributed by atoms with Crippen LogP contribution in [0.2, 0.25) is 5.02 Å². The van der Waals surface area contributed by atoms with Gasteiger partial charge in [0, 0.05) is 0 Å². The highest BCUT2D eigenvalue weighted by Crippen LogP contribution is 2.25. The Labute approximate surface area is 88.4 Å². The van der Waals surface area contributed by atoms with Crippen molar-refractivity contribution in [1.29, 1.82) is 5.26 Å². The predicted molar refractivity (Wildman–Crippen MR) is 56.5 cm³/mol. The second-order valence-electron chi connectivity index (χ2n) is 2.65. The van der Waals surface area contributed by atoms with E-state index in [-0.39, 0.29) is 0 Å². The minimum atomic E-state index is 0.387. The molecule has 0 atom stereocenters.